The summed E-state index contributed by atoms with van der Waals surface area (Å²) >= 11 is 0. The first-order valence-electron chi connectivity index (χ1n) is 6.04. The summed E-state index contributed by atoms with van der Waals surface area (Å²) in [5.74, 6) is 0.0189. The number of rotatable bonds is 4. The van der Waals surface area contributed by atoms with Gasteiger partial charge in [-0.05, 0) is 49.1 Å². The van der Waals surface area contributed by atoms with Gasteiger partial charge in [-0.15, -0.1) is 0 Å². The minimum Gasteiger partial charge on any atom is -0.481 e. The van der Waals surface area contributed by atoms with Gasteiger partial charge in [-0.25, -0.2) is 0 Å². The van der Waals surface area contributed by atoms with Crippen LogP contribution in [0, 0.1) is 5.92 Å². The molecular weight excluding hydrogens is 200 g/mol. The SMILES string of the molecule is O=C(O)CCC[C@H]1CCc2ccccc2C1. The number of fused-ring (bicyclic) bond motifs is 1. The summed E-state index contributed by atoms with van der Waals surface area (Å²) in [6, 6.07) is 8.61. The summed E-state index contributed by atoms with van der Waals surface area (Å²) in [6.45, 7) is 0. The van der Waals surface area contributed by atoms with Gasteiger partial charge < -0.3 is 5.11 Å². The lowest BCUT2D eigenvalue weighted by atomic mass is 9.81. The number of benzene rings is 1. The van der Waals surface area contributed by atoms with Gasteiger partial charge in [0.15, 0.2) is 0 Å². The maximum absolute atomic E-state index is 10.4. The van der Waals surface area contributed by atoms with Gasteiger partial charge in [-0.3, -0.25) is 4.79 Å². The largest absolute Gasteiger partial charge is 0.481 e. The summed E-state index contributed by atoms with van der Waals surface area (Å²) in [5.41, 5.74) is 2.95. The van der Waals surface area contributed by atoms with E-state index in [1.165, 1.54) is 17.5 Å². The Morgan fingerprint density at radius 2 is 2.06 bits per heavy atom. The standard InChI is InChI=1S/C14H18O2/c15-14(16)7-3-4-11-8-9-12-5-1-2-6-13(12)10-11/h1-2,5-6,11H,3-4,7-10H2,(H,15,16)/t11-/m0/s1. The van der Waals surface area contributed by atoms with Crippen LogP contribution >= 0.6 is 0 Å². The molecule has 0 heterocycles. The summed E-state index contributed by atoms with van der Waals surface area (Å²) in [4.78, 5) is 10.4. The van der Waals surface area contributed by atoms with Crippen molar-refractivity contribution in [1.29, 1.82) is 0 Å². The molecule has 0 aromatic heterocycles. The predicted octanol–water partition coefficient (Wildman–Crippen LogP) is 3.05. The first-order valence-corrected chi connectivity index (χ1v) is 6.04. The molecule has 0 unspecified atom stereocenters. The van der Waals surface area contributed by atoms with E-state index in [1.54, 1.807) is 0 Å². The highest BCUT2D eigenvalue weighted by molar-refractivity contribution is 5.66. The van der Waals surface area contributed by atoms with Crippen molar-refractivity contribution in [2.45, 2.75) is 38.5 Å². The topological polar surface area (TPSA) is 37.3 Å². The highest BCUT2D eigenvalue weighted by atomic mass is 16.4. The first kappa shape index (κ1) is 11.2. The molecule has 0 bridgehead atoms. The summed E-state index contributed by atoms with van der Waals surface area (Å²) in [7, 11) is 0. The maximum Gasteiger partial charge on any atom is 0.303 e. The number of hydrogen-bond acceptors (Lipinski definition) is 1. The van der Waals surface area contributed by atoms with Crippen molar-refractivity contribution in [3.05, 3.63) is 35.4 Å². The van der Waals surface area contributed by atoms with Gasteiger partial charge in [0, 0.05) is 6.42 Å². The van der Waals surface area contributed by atoms with Crippen LogP contribution in [0.15, 0.2) is 24.3 Å². The Morgan fingerprint density at radius 1 is 1.31 bits per heavy atom. The fraction of sp³-hybridized carbons (Fsp3) is 0.500. The van der Waals surface area contributed by atoms with Gasteiger partial charge in [0.1, 0.15) is 0 Å². The van der Waals surface area contributed by atoms with Crippen molar-refractivity contribution in [3.8, 4) is 0 Å². The molecule has 2 rings (SSSR count). The van der Waals surface area contributed by atoms with Crippen LogP contribution in [0.4, 0.5) is 0 Å². The van der Waals surface area contributed by atoms with Crippen LogP contribution in [0.2, 0.25) is 0 Å². The fourth-order valence-electron chi connectivity index (χ4n) is 2.56. The van der Waals surface area contributed by atoms with E-state index < -0.39 is 5.97 Å². The van der Waals surface area contributed by atoms with Crippen LogP contribution < -0.4 is 0 Å². The fourth-order valence-corrected chi connectivity index (χ4v) is 2.56. The van der Waals surface area contributed by atoms with Gasteiger partial charge >= 0.3 is 5.97 Å². The third-order valence-electron chi connectivity index (χ3n) is 3.45. The lowest BCUT2D eigenvalue weighted by Gasteiger charge is -2.24. The van der Waals surface area contributed by atoms with Crippen molar-refractivity contribution < 1.29 is 9.90 Å². The molecule has 0 radical (unpaired) electrons. The van der Waals surface area contributed by atoms with Crippen LogP contribution in [0.25, 0.3) is 0 Å². The van der Waals surface area contributed by atoms with Crippen molar-refractivity contribution in [2.24, 2.45) is 5.92 Å². The number of carboxylic acids is 1. The number of aryl methyl sites for hydroxylation is 1. The van der Waals surface area contributed by atoms with E-state index in [1.807, 2.05) is 0 Å². The molecule has 1 aliphatic rings. The minimum absolute atomic E-state index is 0.318. The van der Waals surface area contributed by atoms with E-state index in [9.17, 15) is 4.79 Å². The van der Waals surface area contributed by atoms with E-state index in [0.29, 0.717) is 12.3 Å². The Bertz CT molecular complexity index is 371. The van der Waals surface area contributed by atoms with Gasteiger partial charge in [-0.2, -0.15) is 0 Å². The molecule has 2 heteroatoms. The second-order valence-electron chi connectivity index (χ2n) is 4.66. The first-order chi connectivity index (χ1) is 7.75. The zero-order valence-electron chi connectivity index (χ0n) is 9.48. The Hall–Kier alpha value is -1.31. The Balaban J connectivity index is 1.86. The Kier molecular flexibility index (Phi) is 3.60. The third-order valence-corrected chi connectivity index (χ3v) is 3.45. The van der Waals surface area contributed by atoms with Gasteiger partial charge in [0.25, 0.3) is 0 Å². The zero-order valence-corrected chi connectivity index (χ0v) is 9.48. The second-order valence-corrected chi connectivity index (χ2v) is 4.66. The van der Waals surface area contributed by atoms with Crippen molar-refractivity contribution in [2.75, 3.05) is 0 Å². The number of hydrogen-bond donors (Lipinski definition) is 1. The molecular formula is C14H18O2. The van der Waals surface area contributed by atoms with Crippen LogP contribution in [0.3, 0.4) is 0 Å². The highest BCUT2D eigenvalue weighted by Gasteiger charge is 2.17. The third kappa shape index (κ3) is 2.84. The summed E-state index contributed by atoms with van der Waals surface area (Å²) < 4.78 is 0. The van der Waals surface area contributed by atoms with Gasteiger partial charge in [-0.1, -0.05) is 24.3 Å². The molecule has 0 saturated heterocycles. The van der Waals surface area contributed by atoms with Crippen LogP contribution in [0.1, 0.15) is 36.8 Å². The second kappa shape index (κ2) is 5.15. The highest BCUT2D eigenvalue weighted by Crippen LogP contribution is 2.28. The molecule has 1 aromatic rings. The van der Waals surface area contributed by atoms with E-state index in [-0.39, 0.29) is 0 Å². The molecule has 0 fully saturated rings. The molecule has 2 nitrogen and oxygen atoms in total. The molecule has 1 aliphatic carbocycles. The lowest BCUT2D eigenvalue weighted by Crippen LogP contribution is -2.14. The summed E-state index contributed by atoms with van der Waals surface area (Å²) in [6.07, 6.45) is 5.71. The summed E-state index contributed by atoms with van der Waals surface area (Å²) in [5, 5.41) is 8.60. The van der Waals surface area contributed by atoms with Crippen molar-refractivity contribution >= 4 is 5.97 Å². The zero-order chi connectivity index (χ0) is 11.4. The molecule has 1 aromatic carbocycles. The van der Waals surface area contributed by atoms with Gasteiger partial charge in [0.2, 0.25) is 0 Å². The Labute approximate surface area is 96.3 Å². The number of carboxylic acid groups (broad SMARTS) is 1. The van der Waals surface area contributed by atoms with Gasteiger partial charge in [0.05, 0.1) is 0 Å². The van der Waals surface area contributed by atoms with Crippen LogP contribution in [-0.2, 0) is 17.6 Å². The monoisotopic (exact) mass is 218 g/mol. The molecule has 0 spiro atoms. The molecule has 86 valence electrons. The molecule has 1 atom stereocenters. The predicted molar refractivity (Wildman–Crippen MR) is 63.4 cm³/mol. The van der Waals surface area contributed by atoms with Crippen molar-refractivity contribution in [1.82, 2.24) is 0 Å². The van der Waals surface area contributed by atoms with Crippen LogP contribution in [-0.4, -0.2) is 11.1 Å². The van der Waals surface area contributed by atoms with E-state index in [4.69, 9.17) is 5.11 Å². The minimum atomic E-state index is -0.670. The molecule has 16 heavy (non-hydrogen) atoms. The lowest BCUT2D eigenvalue weighted by molar-refractivity contribution is -0.137. The van der Waals surface area contributed by atoms with E-state index in [0.717, 1.165) is 25.7 Å². The maximum atomic E-state index is 10.4. The number of aliphatic carboxylic acids is 1. The van der Waals surface area contributed by atoms with E-state index in [2.05, 4.69) is 24.3 Å². The average molecular weight is 218 g/mol. The average Bonchev–Trinajstić information content (AvgIpc) is 2.28. The van der Waals surface area contributed by atoms with Crippen LogP contribution in [0.5, 0.6) is 0 Å². The molecule has 0 amide bonds. The van der Waals surface area contributed by atoms with Crippen molar-refractivity contribution in [3.63, 3.8) is 0 Å². The van der Waals surface area contributed by atoms with E-state index >= 15 is 0 Å². The molecule has 1 N–H and O–H groups in total. The normalized spacial score (nSPS) is 19.1. The quantitative estimate of drug-likeness (QED) is 0.843. The molecule has 0 saturated carbocycles. The molecule has 0 aliphatic heterocycles. The smallest absolute Gasteiger partial charge is 0.303 e. The number of carbonyl (C=O) groups is 1. The Morgan fingerprint density at radius 3 is 2.81 bits per heavy atom.